The molecule has 2 N–H and O–H groups in total. The summed E-state index contributed by atoms with van der Waals surface area (Å²) >= 11 is 13.8. The Morgan fingerprint density at radius 1 is 0.971 bits per heavy atom. The van der Waals surface area contributed by atoms with Crippen LogP contribution in [0.15, 0.2) is 83.8 Å². The van der Waals surface area contributed by atoms with Crippen molar-refractivity contribution < 1.29 is 17.9 Å². The summed E-state index contributed by atoms with van der Waals surface area (Å²) in [6.07, 6.45) is 0. The van der Waals surface area contributed by atoms with E-state index in [0.717, 1.165) is 9.75 Å². The monoisotopic (exact) mass is 546 g/mol. The number of hydrogen-bond donors (Lipinski definition) is 2. The lowest BCUT2D eigenvalue weighted by Gasteiger charge is -2.14. The lowest BCUT2D eigenvalue weighted by molar-refractivity contribution is 0.0952. The minimum absolute atomic E-state index is 0.000576. The van der Waals surface area contributed by atoms with Crippen LogP contribution in [0.4, 0.5) is 5.69 Å². The SMILES string of the molecule is Cc1ccc(CNC(=O)c2cc(Cl)ccc2NS(=O)(=O)c2ccc(Oc3ccccc3Cl)cc2)s1. The predicted molar refractivity (Wildman–Crippen MR) is 140 cm³/mol. The maximum Gasteiger partial charge on any atom is 0.261 e. The number of sulfonamides is 1. The van der Waals surface area contributed by atoms with E-state index in [-0.39, 0.29) is 16.1 Å². The first-order valence-electron chi connectivity index (χ1n) is 10.4. The second kappa shape index (κ2) is 10.7. The summed E-state index contributed by atoms with van der Waals surface area (Å²) in [5.74, 6) is 0.435. The smallest absolute Gasteiger partial charge is 0.261 e. The zero-order chi connectivity index (χ0) is 25.0. The molecule has 0 saturated heterocycles. The molecule has 0 unspecified atom stereocenters. The largest absolute Gasteiger partial charge is 0.456 e. The summed E-state index contributed by atoms with van der Waals surface area (Å²) in [6.45, 7) is 2.30. The van der Waals surface area contributed by atoms with Crippen LogP contribution >= 0.6 is 34.5 Å². The number of aryl methyl sites for hydroxylation is 1. The summed E-state index contributed by atoms with van der Waals surface area (Å²) in [6, 6.07) is 21.1. The van der Waals surface area contributed by atoms with Gasteiger partial charge in [0.1, 0.15) is 11.5 Å². The molecule has 35 heavy (non-hydrogen) atoms. The van der Waals surface area contributed by atoms with E-state index < -0.39 is 15.9 Å². The number of ether oxygens (including phenoxy) is 1. The van der Waals surface area contributed by atoms with Crippen LogP contribution in [0.2, 0.25) is 10.0 Å². The molecular weight excluding hydrogens is 527 g/mol. The quantitative estimate of drug-likeness (QED) is 0.252. The summed E-state index contributed by atoms with van der Waals surface area (Å²) in [4.78, 5) is 15.0. The second-order valence-electron chi connectivity index (χ2n) is 7.49. The van der Waals surface area contributed by atoms with Crippen molar-refractivity contribution in [3.05, 3.63) is 104 Å². The van der Waals surface area contributed by atoms with E-state index in [1.165, 1.54) is 42.5 Å². The number of thiophene rings is 1. The van der Waals surface area contributed by atoms with Crippen molar-refractivity contribution in [2.24, 2.45) is 0 Å². The Kier molecular flexibility index (Phi) is 7.66. The van der Waals surface area contributed by atoms with Gasteiger partial charge in [0.15, 0.2) is 0 Å². The predicted octanol–water partition coefficient (Wildman–Crippen LogP) is 6.89. The van der Waals surface area contributed by atoms with E-state index in [9.17, 15) is 13.2 Å². The fourth-order valence-electron chi connectivity index (χ4n) is 3.18. The fraction of sp³-hybridized carbons (Fsp3) is 0.0800. The molecule has 0 aliphatic rings. The number of rotatable bonds is 8. The Balaban J connectivity index is 1.51. The van der Waals surface area contributed by atoms with Gasteiger partial charge in [-0.05, 0) is 73.7 Å². The van der Waals surface area contributed by atoms with Gasteiger partial charge in [0.25, 0.3) is 15.9 Å². The third kappa shape index (κ3) is 6.35. The molecule has 4 aromatic rings. The molecule has 0 radical (unpaired) electrons. The minimum Gasteiger partial charge on any atom is -0.456 e. The van der Waals surface area contributed by atoms with Crippen LogP contribution in [0.25, 0.3) is 0 Å². The van der Waals surface area contributed by atoms with E-state index in [0.29, 0.717) is 28.1 Å². The number of benzene rings is 3. The highest BCUT2D eigenvalue weighted by molar-refractivity contribution is 7.92. The highest BCUT2D eigenvalue weighted by Crippen LogP contribution is 2.30. The number of carbonyl (C=O) groups is 1. The molecule has 4 rings (SSSR count). The molecule has 0 fully saturated rings. The number of amides is 1. The van der Waals surface area contributed by atoms with E-state index in [1.54, 1.807) is 35.6 Å². The Labute approximate surface area is 217 Å². The fourth-order valence-corrected chi connectivity index (χ4v) is 5.44. The van der Waals surface area contributed by atoms with E-state index in [1.807, 2.05) is 19.1 Å². The van der Waals surface area contributed by atoms with E-state index in [2.05, 4.69) is 10.0 Å². The molecule has 180 valence electrons. The molecular formula is C25H20Cl2N2O4S2. The van der Waals surface area contributed by atoms with Crippen LogP contribution in [-0.2, 0) is 16.6 Å². The molecule has 6 nitrogen and oxygen atoms in total. The van der Waals surface area contributed by atoms with Gasteiger partial charge in [0.2, 0.25) is 0 Å². The molecule has 3 aromatic carbocycles. The molecule has 0 aliphatic carbocycles. The summed E-state index contributed by atoms with van der Waals surface area (Å²) < 4.78 is 34.3. The van der Waals surface area contributed by atoms with Crippen molar-refractivity contribution in [2.75, 3.05) is 4.72 Å². The molecule has 0 atom stereocenters. The van der Waals surface area contributed by atoms with Crippen LogP contribution in [0, 0.1) is 6.92 Å². The molecule has 0 saturated carbocycles. The number of halogens is 2. The van der Waals surface area contributed by atoms with E-state index >= 15 is 0 Å². The molecule has 0 bridgehead atoms. The number of anilines is 1. The Morgan fingerprint density at radius 3 is 2.40 bits per heavy atom. The summed E-state index contributed by atoms with van der Waals surface area (Å²) in [5.41, 5.74) is 0.235. The zero-order valence-corrected chi connectivity index (χ0v) is 21.6. The van der Waals surface area contributed by atoms with Crippen molar-refractivity contribution in [1.82, 2.24) is 5.32 Å². The highest BCUT2D eigenvalue weighted by atomic mass is 35.5. The normalized spacial score (nSPS) is 11.2. The number of para-hydroxylation sites is 1. The highest BCUT2D eigenvalue weighted by Gasteiger charge is 2.20. The zero-order valence-electron chi connectivity index (χ0n) is 18.4. The molecule has 1 amide bonds. The first kappa shape index (κ1) is 25.1. The summed E-state index contributed by atoms with van der Waals surface area (Å²) in [5, 5.41) is 3.56. The van der Waals surface area contributed by atoms with Crippen LogP contribution in [0.3, 0.4) is 0 Å². The van der Waals surface area contributed by atoms with Crippen molar-refractivity contribution in [3.63, 3.8) is 0 Å². The maximum atomic E-state index is 13.0. The first-order chi connectivity index (χ1) is 16.7. The van der Waals surface area contributed by atoms with Crippen molar-refractivity contribution in [3.8, 4) is 11.5 Å². The Hall–Kier alpha value is -3.04. The van der Waals surface area contributed by atoms with Crippen molar-refractivity contribution in [2.45, 2.75) is 18.4 Å². The van der Waals surface area contributed by atoms with Gasteiger partial charge in [0.05, 0.1) is 27.7 Å². The van der Waals surface area contributed by atoms with Crippen LogP contribution in [-0.4, -0.2) is 14.3 Å². The maximum absolute atomic E-state index is 13.0. The van der Waals surface area contributed by atoms with Gasteiger partial charge < -0.3 is 10.1 Å². The van der Waals surface area contributed by atoms with Crippen molar-refractivity contribution in [1.29, 1.82) is 0 Å². The third-order valence-electron chi connectivity index (χ3n) is 4.89. The average Bonchev–Trinajstić information content (AvgIpc) is 3.25. The van der Waals surface area contributed by atoms with Gasteiger partial charge in [-0.1, -0.05) is 35.3 Å². The van der Waals surface area contributed by atoms with E-state index in [4.69, 9.17) is 27.9 Å². The molecule has 10 heteroatoms. The van der Waals surface area contributed by atoms with Crippen LogP contribution in [0.1, 0.15) is 20.1 Å². The Morgan fingerprint density at radius 2 is 1.71 bits per heavy atom. The summed E-state index contributed by atoms with van der Waals surface area (Å²) in [7, 11) is -4.00. The van der Waals surface area contributed by atoms with Gasteiger partial charge in [-0.3, -0.25) is 9.52 Å². The van der Waals surface area contributed by atoms with Gasteiger partial charge >= 0.3 is 0 Å². The lowest BCUT2D eigenvalue weighted by Crippen LogP contribution is -2.24. The standard InChI is InChI=1S/C25H20Cl2N2O4S2/c1-16-6-10-19(34-16)15-28-25(30)21-14-17(26)7-13-23(21)29-35(31,32)20-11-8-18(9-12-20)33-24-5-3-2-4-22(24)27/h2-14,29H,15H2,1H3,(H,28,30). The number of hydrogen-bond acceptors (Lipinski definition) is 5. The average molecular weight is 547 g/mol. The van der Waals surface area contributed by atoms with Gasteiger partial charge in [0, 0.05) is 14.8 Å². The third-order valence-corrected chi connectivity index (χ3v) is 7.82. The van der Waals surface area contributed by atoms with Crippen molar-refractivity contribution >= 4 is 56.2 Å². The molecule has 1 aromatic heterocycles. The first-order valence-corrected chi connectivity index (χ1v) is 13.5. The molecule has 1 heterocycles. The van der Waals surface area contributed by atoms with Crippen LogP contribution < -0.4 is 14.8 Å². The van der Waals surface area contributed by atoms with Gasteiger partial charge in [-0.2, -0.15) is 0 Å². The lowest BCUT2D eigenvalue weighted by atomic mass is 10.1. The second-order valence-corrected chi connectivity index (χ2v) is 11.4. The topological polar surface area (TPSA) is 84.5 Å². The van der Waals surface area contributed by atoms with Gasteiger partial charge in [-0.15, -0.1) is 11.3 Å². The number of nitrogens with one attached hydrogen (secondary N) is 2. The molecule has 0 spiro atoms. The Bertz CT molecular complexity index is 1470. The van der Waals surface area contributed by atoms with Crippen LogP contribution in [0.5, 0.6) is 11.5 Å². The molecule has 0 aliphatic heterocycles. The minimum atomic E-state index is -4.00. The van der Waals surface area contributed by atoms with Gasteiger partial charge in [-0.25, -0.2) is 8.42 Å². The number of carbonyl (C=O) groups excluding carboxylic acids is 1.